The molecule has 0 spiro atoms. The van der Waals surface area contributed by atoms with Gasteiger partial charge < -0.3 is 25.2 Å². The number of carbonyl (C=O) groups excluding carboxylic acids is 1. The van der Waals surface area contributed by atoms with Crippen LogP contribution in [0.5, 0.6) is 0 Å². The van der Waals surface area contributed by atoms with Crippen LogP contribution in [0.2, 0.25) is 0 Å². The summed E-state index contributed by atoms with van der Waals surface area (Å²) in [6.45, 7) is 9.13. The molecule has 4 saturated carbocycles. The molecule has 0 heterocycles. The number of rotatable bonds is 9. The molecule has 4 rings (SSSR count). The van der Waals surface area contributed by atoms with Gasteiger partial charge in [0, 0.05) is 18.5 Å². The third-order valence-electron chi connectivity index (χ3n) is 10.9. The van der Waals surface area contributed by atoms with Gasteiger partial charge in [-0.15, -0.1) is 0 Å². The van der Waals surface area contributed by atoms with Crippen molar-refractivity contribution in [1.82, 2.24) is 10.2 Å². The lowest BCUT2D eigenvalue weighted by Crippen LogP contribution is -2.55. The van der Waals surface area contributed by atoms with E-state index in [1.54, 1.807) is 0 Å². The van der Waals surface area contributed by atoms with E-state index in [4.69, 9.17) is 4.74 Å². The normalized spacial score (nSPS) is 39.3. The van der Waals surface area contributed by atoms with Gasteiger partial charge in [-0.1, -0.05) is 33.6 Å². The molecule has 7 heteroatoms. The number of hydrogen-bond donors (Lipinski definition) is 3. The van der Waals surface area contributed by atoms with Crippen molar-refractivity contribution in [3.63, 3.8) is 0 Å². The van der Waals surface area contributed by atoms with E-state index in [1.807, 2.05) is 13.8 Å². The summed E-state index contributed by atoms with van der Waals surface area (Å²) in [5.74, 6) is 1.20. The maximum absolute atomic E-state index is 12.6. The monoisotopic (exact) mass is 492 g/mol. The molecule has 35 heavy (non-hydrogen) atoms. The van der Waals surface area contributed by atoms with E-state index in [2.05, 4.69) is 17.1 Å². The maximum atomic E-state index is 12.6. The summed E-state index contributed by atoms with van der Waals surface area (Å²) in [6.07, 6.45) is 10.2. The first-order valence-electron chi connectivity index (χ1n) is 14.3. The summed E-state index contributed by atoms with van der Waals surface area (Å²) >= 11 is 0. The number of nitrogens with one attached hydrogen (secondary N) is 1. The van der Waals surface area contributed by atoms with E-state index in [9.17, 15) is 19.8 Å². The zero-order valence-corrected chi connectivity index (χ0v) is 22.1. The Kier molecular flexibility index (Phi) is 8.36. The van der Waals surface area contributed by atoms with Crippen LogP contribution in [0.15, 0.2) is 0 Å². The average molecular weight is 493 g/mol. The van der Waals surface area contributed by atoms with Crippen LogP contribution in [0.4, 0.5) is 4.79 Å². The van der Waals surface area contributed by atoms with Crippen molar-refractivity contribution in [1.29, 1.82) is 0 Å². The summed E-state index contributed by atoms with van der Waals surface area (Å²) in [6, 6.07) is 0. The van der Waals surface area contributed by atoms with Crippen molar-refractivity contribution in [2.75, 3.05) is 32.8 Å². The van der Waals surface area contributed by atoms with Gasteiger partial charge in [0.1, 0.15) is 0 Å². The Balaban J connectivity index is 1.41. The van der Waals surface area contributed by atoms with Crippen LogP contribution in [0, 0.1) is 40.4 Å². The molecule has 8 atom stereocenters. The molecule has 7 nitrogen and oxygen atoms in total. The molecule has 4 aliphatic carbocycles. The lowest BCUT2D eigenvalue weighted by Gasteiger charge is -2.60. The van der Waals surface area contributed by atoms with Gasteiger partial charge >= 0.3 is 12.1 Å². The van der Waals surface area contributed by atoms with Crippen LogP contribution in [-0.2, 0) is 9.53 Å². The highest BCUT2D eigenvalue weighted by molar-refractivity contribution is 5.72. The quantitative estimate of drug-likeness (QED) is 0.437. The number of alkyl carbamates (subject to hydrolysis) is 1. The molecular weight excluding hydrogens is 444 g/mol. The van der Waals surface area contributed by atoms with E-state index in [0.29, 0.717) is 36.1 Å². The molecule has 0 bridgehead atoms. The highest BCUT2D eigenvalue weighted by Gasteiger charge is 2.63. The highest BCUT2D eigenvalue weighted by atomic mass is 16.5. The molecule has 0 aromatic heterocycles. The Labute approximate surface area is 211 Å². The number of carbonyl (C=O) groups is 2. The van der Waals surface area contributed by atoms with E-state index in [1.165, 1.54) is 38.5 Å². The minimum Gasteiger partial charge on any atom is -0.481 e. The number of likely N-dealkylation sites (N-methyl/N-ethyl adjacent to an activating group) is 1. The van der Waals surface area contributed by atoms with E-state index < -0.39 is 29.5 Å². The van der Waals surface area contributed by atoms with Crippen molar-refractivity contribution in [2.24, 2.45) is 40.4 Å². The SMILES string of the molecule is CCN(CC)CC(O)CNC(=O)OC[C@]12CC[C@H]3[C@@H](CCC4CCCC[C@@]43C)[C@@H]1CCC2C(=O)O. The molecule has 3 N–H and O–H groups in total. The molecule has 0 aromatic rings. The number of hydrogen-bond acceptors (Lipinski definition) is 5. The fourth-order valence-electron chi connectivity index (χ4n) is 9.05. The van der Waals surface area contributed by atoms with Gasteiger partial charge in [0.15, 0.2) is 0 Å². The second-order valence-corrected chi connectivity index (χ2v) is 12.2. The zero-order valence-electron chi connectivity index (χ0n) is 22.1. The predicted molar refractivity (Wildman–Crippen MR) is 135 cm³/mol. The summed E-state index contributed by atoms with van der Waals surface area (Å²) in [4.78, 5) is 27.0. The third-order valence-corrected chi connectivity index (χ3v) is 10.9. The van der Waals surface area contributed by atoms with Crippen LogP contribution in [0.3, 0.4) is 0 Å². The molecule has 0 saturated heterocycles. The minimum atomic E-state index is -0.734. The number of carboxylic acids is 1. The average Bonchev–Trinajstić information content (AvgIpc) is 3.24. The zero-order chi connectivity index (χ0) is 25.2. The van der Waals surface area contributed by atoms with Crippen molar-refractivity contribution >= 4 is 12.1 Å². The standard InChI is InChI=1S/C28H48N2O5/c1-4-30(5-2)17-20(31)16-29-26(34)35-18-28-15-13-22-21(23(28)11-12-24(28)25(32)33)10-9-19-8-6-7-14-27(19,22)3/h19-24,31H,4-18H2,1-3H3,(H,29,34)(H,32,33)/t19?,20?,21-,22+,23+,24?,27+,28-/m1/s1. The number of nitrogens with zero attached hydrogens (tertiary/aromatic N) is 1. The van der Waals surface area contributed by atoms with Crippen LogP contribution >= 0.6 is 0 Å². The Morgan fingerprint density at radius 2 is 1.80 bits per heavy atom. The molecular formula is C28H48N2O5. The summed E-state index contributed by atoms with van der Waals surface area (Å²) in [5.41, 5.74) is -0.0596. The summed E-state index contributed by atoms with van der Waals surface area (Å²) in [5, 5.41) is 23.1. The summed E-state index contributed by atoms with van der Waals surface area (Å²) in [7, 11) is 0. The van der Waals surface area contributed by atoms with Gasteiger partial charge in [-0.05, 0) is 93.5 Å². The van der Waals surface area contributed by atoms with Gasteiger partial charge in [0.2, 0.25) is 0 Å². The molecule has 1 amide bonds. The number of ether oxygens (including phenoxy) is 1. The maximum Gasteiger partial charge on any atom is 0.407 e. The number of aliphatic carboxylic acids is 1. The topological polar surface area (TPSA) is 99.1 Å². The fourth-order valence-corrected chi connectivity index (χ4v) is 9.05. The molecule has 4 fully saturated rings. The molecule has 4 aliphatic rings. The van der Waals surface area contributed by atoms with Gasteiger partial charge in [-0.25, -0.2) is 4.79 Å². The summed E-state index contributed by atoms with van der Waals surface area (Å²) < 4.78 is 5.75. The Hall–Kier alpha value is -1.34. The number of aliphatic hydroxyl groups excluding tert-OH is 1. The van der Waals surface area contributed by atoms with Crippen molar-refractivity contribution in [3.8, 4) is 0 Å². The van der Waals surface area contributed by atoms with Crippen LogP contribution in [0.25, 0.3) is 0 Å². The van der Waals surface area contributed by atoms with E-state index in [0.717, 1.165) is 38.3 Å². The van der Waals surface area contributed by atoms with Gasteiger partial charge in [-0.2, -0.15) is 0 Å². The Bertz CT molecular complexity index is 758. The fraction of sp³-hybridized carbons (Fsp3) is 0.929. The van der Waals surface area contributed by atoms with Crippen molar-refractivity contribution in [2.45, 2.75) is 91.1 Å². The van der Waals surface area contributed by atoms with Gasteiger partial charge in [0.25, 0.3) is 0 Å². The Morgan fingerprint density at radius 1 is 1.03 bits per heavy atom. The van der Waals surface area contributed by atoms with Crippen molar-refractivity contribution < 1.29 is 24.5 Å². The number of carboxylic acid groups (broad SMARTS) is 1. The minimum absolute atomic E-state index is 0.137. The smallest absolute Gasteiger partial charge is 0.407 e. The Morgan fingerprint density at radius 3 is 2.51 bits per heavy atom. The van der Waals surface area contributed by atoms with Gasteiger partial charge in [-0.3, -0.25) is 4.79 Å². The molecule has 0 radical (unpaired) electrons. The van der Waals surface area contributed by atoms with E-state index >= 15 is 0 Å². The number of aliphatic hydroxyl groups is 1. The molecule has 3 unspecified atom stereocenters. The van der Waals surface area contributed by atoms with Crippen LogP contribution < -0.4 is 5.32 Å². The first-order chi connectivity index (χ1) is 16.7. The predicted octanol–water partition coefficient (Wildman–Crippen LogP) is 4.53. The molecule has 0 aliphatic heterocycles. The van der Waals surface area contributed by atoms with E-state index in [-0.39, 0.29) is 13.2 Å². The third kappa shape index (κ3) is 5.09. The lowest BCUT2D eigenvalue weighted by molar-refractivity contribution is -0.158. The number of amides is 1. The van der Waals surface area contributed by atoms with Crippen molar-refractivity contribution in [3.05, 3.63) is 0 Å². The number of fused-ring (bicyclic) bond motifs is 5. The van der Waals surface area contributed by atoms with Crippen LogP contribution in [0.1, 0.15) is 85.0 Å². The highest BCUT2D eigenvalue weighted by Crippen LogP contribution is 2.67. The second-order valence-electron chi connectivity index (χ2n) is 12.2. The second kappa shape index (κ2) is 11.0. The molecule has 200 valence electrons. The first-order valence-corrected chi connectivity index (χ1v) is 14.3. The first kappa shape index (κ1) is 26.7. The lowest BCUT2D eigenvalue weighted by atomic mass is 9.44. The largest absolute Gasteiger partial charge is 0.481 e. The van der Waals surface area contributed by atoms with Crippen LogP contribution in [-0.4, -0.2) is 66.1 Å². The molecule has 0 aromatic carbocycles. The van der Waals surface area contributed by atoms with Gasteiger partial charge in [0.05, 0.1) is 18.6 Å².